The van der Waals surface area contributed by atoms with Gasteiger partial charge < -0.3 is 0 Å². The summed E-state index contributed by atoms with van der Waals surface area (Å²) in [5.74, 6) is 0.837. The lowest BCUT2D eigenvalue weighted by molar-refractivity contribution is -0.122. The number of hydrogen-bond donors (Lipinski definition) is 0. The van der Waals surface area contributed by atoms with Crippen LogP contribution in [0.1, 0.15) is 44.5 Å². The van der Waals surface area contributed by atoms with Crippen molar-refractivity contribution < 1.29 is 13.6 Å². The number of likely N-dealkylation sites (tertiary alicyclic amines) is 1. The van der Waals surface area contributed by atoms with Gasteiger partial charge in [0, 0.05) is 30.8 Å². The predicted octanol–water partition coefficient (Wildman–Crippen LogP) is 2.61. The van der Waals surface area contributed by atoms with E-state index < -0.39 is 6.55 Å². The third-order valence-electron chi connectivity index (χ3n) is 4.53. The first-order valence-electron chi connectivity index (χ1n) is 7.23. The highest BCUT2D eigenvalue weighted by Crippen LogP contribution is 2.34. The molecule has 2 heterocycles. The van der Waals surface area contributed by atoms with Crippen molar-refractivity contribution in [2.75, 3.05) is 6.54 Å². The predicted molar refractivity (Wildman–Crippen MR) is 69.3 cm³/mol. The molecule has 0 bridgehead atoms. The van der Waals surface area contributed by atoms with Gasteiger partial charge in [-0.05, 0) is 32.2 Å². The Balaban J connectivity index is 1.72. The zero-order chi connectivity index (χ0) is 14.1. The van der Waals surface area contributed by atoms with E-state index in [4.69, 9.17) is 0 Å². The molecule has 2 fully saturated rings. The van der Waals surface area contributed by atoms with Crippen molar-refractivity contribution in [3.63, 3.8) is 0 Å². The average Bonchev–Trinajstić information content (AvgIpc) is 3.10. The molecule has 6 heteroatoms. The summed E-state index contributed by atoms with van der Waals surface area (Å²) in [6, 6.07) is 0.216. The number of rotatable bonds is 4. The molecule has 0 radical (unpaired) electrons. The molecule has 110 valence electrons. The molecule has 0 N–H and O–H groups in total. The Labute approximate surface area is 116 Å². The molecule has 0 aromatic carbocycles. The molecule has 1 aromatic heterocycles. The fourth-order valence-corrected chi connectivity index (χ4v) is 3.58. The van der Waals surface area contributed by atoms with Gasteiger partial charge in [-0.1, -0.05) is 0 Å². The molecule has 1 aliphatic carbocycles. The van der Waals surface area contributed by atoms with Crippen LogP contribution in [0.4, 0.5) is 8.78 Å². The Kier molecular flexibility index (Phi) is 3.83. The molecule has 1 saturated heterocycles. The van der Waals surface area contributed by atoms with Crippen LogP contribution in [-0.4, -0.2) is 32.8 Å². The number of aromatic nitrogens is 2. The summed E-state index contributed by atoms with van der Waals surface area (Å²) in [5.41, 5.74) is 0. The molecule has 2 unspecified atom stereocenters. The standard InChI is InChI=1S/C14H19F2N3O/c15-14(16)19-8-6-17-13(19)9-18-7-2-4-11(18)10-3-1-5-12(10)20/h6,8,10-11,14H,1-5,7,9H2. The van der Waals surface area contributed by atoms with E-state index in [-0.39, 0.29) is 12.0 Å². The molecule has 4 nitrogen and oxygen atoms in total. The second-order valence-electron chi connectivity index (χ2n) is 5.67. The molecule has 1 saturated carbocycles. The van der Waals surface area contributed by atoms with Crippen molar-refractivity contribution in [1.82, 2.24) is 14.5 Å². The Hall–Kier alpha value is -1.30. The summed E-state index contributed by atoms with van der Waals surface area (Å²) >= 11 is 0. The molecule has 0 amide bonds. The third-order valence-corrected chi connectivity index (χ3v) is 4.53. The fourth-order valence-electron chi connectivity index (χ4n) is 3.58. The maximum absolute atomic E-state index is 12.8. The lowest BCUT2D eigenvalue weighted by Gasteiger charge is -2.28. The second kappa shape index (κ2) is 5.60. The topological polar surface area (TPSA) is 38.1 Å². The average molecular weight is 283 g/mol. The van der Waals surface area contributed by atoms with Crippen LogP contribution < -0.4 is 0 Å². The SMILES string of the molecule is O=C1CCCC1C1CCCN1Cc1nccn1C(F)F. The van der Waals surface area contributed by atoms with Crippen molar-refractivity contribution in [2.45, 2.75) is 51.2 Å². The number of hydrogen-bond acceptors (Lipinski definition) is 3. The highest BCUT2D eigenvalue weighted by molar-refractivity contribution is 5.83. The highest BCUT2D eigenvalue weighted by Gasteiger charge is 2.38. The van der Waals surface area contributed by atoms with Crippen molar-refractivity contribution >= 4 is 5.78 Å². The molecule has 0 spiro atoms. The van der Waals surface area contributed by atoms with Crippen molar-refractivity contribution in [2.24, 2.45) is 5.92 Å². The number of nitrogens with zero attached hydrogens (tertiary/aromatic N) is 3. The molecule has 3 rings (SSSR count). The van der Waals surface area contributed by atoms with Gasteiger partial charge in [0.15, 0.2) is 0 Å². The zero-order valence-electron chi connectivity index (χ0n) is 11.3. The number of alkyl halides is 2. The van der Waals surface area contributed by atoms with Crippen LogP contribution in [0, 0.1) is 5.92 Å². The van der Waals surface area contributed by atoms with E-state index in [0.717, 1.165) is 36.8 Å². The first-order valence-corrected chi connectivity index (χ1v) is 7.23. The van der Waals surface area contributed by atoms with Crippen LogP contribution in [-0.2, 0) is 11.3 Å². The van der Waals surface area contributed by atoms with E-state index in [2.05, 4.69) is 9.88 Å². The smallest absolute Gasteiger partial charge is 0.299 e. The van der Waals surface area contributed by atoms with Gasteiger partial charge in [-0.25, -0.2) is 4.98 Å². The molecule has 20 heavy (non-hydrogen) atoms. The van der Waals surface area contributed by atoms with Crippen LogP contribution in [0.5, 0.6) is 0 Å². The summed E-state index contributed by atoms with van der Waals surface area (Å²) in [5, 5.41) is 0. The molecule has 1 aromatic rings. The summed E-state index contributed by atoms with van der Waals surface area (Å²) in [6.07, 6.45) is 7.35. The van der Waals surface area contributed by atoms with Gasteiger partial charge in [-0.3, -0.25) is 14.3 Å². The molecular formula is C14H19F2N3O. The largest absolute Gasteiger partial charge is 0.319 e. The fraction of sp³-hybridized carbons (Fsp3) is 0.714. The summed E-state index contributed by atoms with van der Waals surface area (Å²) in [6.45, 7) is -1.28. The van der Waals surface area contributed by atoms with Crippen molar-refractivity contribution in [1.29, 1.82) is 0 Å². The van der Waals surface area contributed by atoms with E-state index >= 15 is 0 Å². The number of imidazole rings is 1. The van der Waals surface area contributed by atoms with Gasteiger partial charge in [0.1, 0.15) is 11.6 Å². The normalized spacial score (nSPS) is 27.9. The Morgan fingerprint density at radius 1 is 1.35 bits per heavy atom. The number of Topliss-reactive ketones (excluding diaryl/α,β-unsaturated/α-hetero) is 1. The van der Waals surface area contributed by atoms with Gasteiger partial charge in [0.25, 0.3) is 0 Å². The minimum absolute atomic E-state index is 0.104. The molecule has 2 atom stereocenters. The molecular weight excluding hydrogens is 264 g/mol. The van der Waals surface area contributed by atoms with E-state index in [9.17, 15) is 13.6 Å². The van der Waals surface area contributed by atoms with Crippen LogP contribution in [0.2, 0.25) is 0 Å². The van der Waals surface area contributed by atoms with Crippen LogP contribution in [0.25, 0.3) is 0 Å². The number of carbonyl (C=O) groups excluding carboxylic acids is 1. The van der Waals surface area contributed by atoms with Gasteiger partial charge in [-0.15, -0.1) is 0 Å². The third kappa shape index (κ3) is 2.49. The van der Waals surface area contributed by atoms with Gasteiger partial charge in [-0.2, -0.15) is 8.78 Å². The summed E-state index contributed by atoms with van der Waals surface area (Å²) < 4.78 is 26.6. The summed E-state index contributed by atoms with van der Waals surface area (Å²) in [7, 11) is 0. The minimum Gasteiger partial charge on any atom is -0.299 e. The number of halogens is 2. The van der Waals surface area contributed by atoms with Crippen LogP contribution in [0.3, 0.4) is 0 Å². The van der Waals surface area contributed by atoms with Gasteiger partial charge in [0.2, 0.25) is 0 Å². The van der Waals surface area contributed by atoms with Crippen molar-refractivity contribution in [3.05, 3.63) is 18.2 Å². The summed E-state index contributed by atoms with van der Waals surface area (Å²) in [4.78, 5) is 18.1. The molecule has 2 aliphatic rings. The van der Waals surface area contributed by atoms with Gasteiger partial charge in [0.05, 0.1) is 6.54 Å². The monoisotopic (exact) mass is 283 g/mol. The Morgan fingerprint density at radius 2 is 2.20 bits per heavy atom. The van der Waals surface area contributed by atoms with Crippen LogP contribution in [0.15, 0.2) is 12.4 Å². The quantitative estimate of drug-likeness (QED) is 0.852. The van der Waals surface area contributed by atoms with Crippen LogP contribution >= 0.6 is 0 Å². The Morgan fingerprint density at radius 3 is 2.90 bits per heavy atom. The first-order chi connectivity index (χ1) is 9.66. The highest BCUT2D eigenvalue weighted by atomic mass is 19.3. The zero-order valence-corrected chi connectivity index (χ0v) is 11.3. The lowest BCUT2D eigenvalue weighted by atomic mass is 9.95. The van der Waals surface area contributed by atoms with E-state index in [0.29, 0.717) is 24.6 Å². The number of carbonyl (C=O) groups is 1. The molecule has 1 aliphatic heterocycles. The first kappa shape index (κ1) is 13.7. The van der Waals surface area contributed by atoms with E-state index in [1.54, 1.807) is 0 Å². The maximum Gasteiger partial charge on any atom is 0.319 e. The van der Waals surface area contributed by atoms with Crippen molar-refractivity contribution in [3.8, 4) is 0 Å². The lowest BCUT2D eigenvalue weighted by Crippen LogP contribution is -2.37. The minimum atomic E-state index is -2.55. The second-order valence-corrected chi connectivity index (χ2v) is 5.67. The maximum atomic E-state index is 12.8. The van der Waals surface area contributed by atoms with Gasteiger partial charge >= 0.3 is 6.55 Å². The Bertz CT molecular complexity index is 489. The van der Waals surface area contributed by atoms with E-state index in [1.165, 1.54) is 12.4 Å². The number of ketones is 1. The van der Waals surface area contributed by atoms with E-state index in [1.807, 2.05) is 0 Å².